The number of H-pyrrole nitrogens is 1. The second-order valence-corrected chi connectivity index (χ2v) is 6.76. The van der Waals surface area contributed by atoms with Crippen LogP contribution < -0.4 is 5.32 Å². The van der Waals surface area contributed by atoms with Crippen LogP contribution in [0.15, 0.2) is 42.6 Å². The molecule has 0 aliphatic heterocycles. The van der Waals surface area contributed by atoms with Gasteiger partial charge in [0.15, 0.2) is 5.82 Å². The SMILES string of the molecule is Cn1nc(-c2ccc(Cl)c(F)c2)nc1CC(=O)NCc1ccc2[nH]ncc2c1. The second-order valence-electron chi connectivity index (χ2n) is 6.35. The van der Waals surface area contributed by atoms with Crippen molar-refractivity contribution in [3.8, 4) is 11.4 Å². The van der Waals surface area contributed by atoms with E-state index in [4.69, 9.17) is 11.6 Å². The highest BCUT2D eigenvalue weighted by atomic mass is 35.5. The molecular formula is C19H16ClFN6O. The van der Waals surface area contributed by atoms with Gasteiger partial charge in [0.2, 0.25) is 5.91 Å². The van der Waals surface area contributed by atoms with Crippen molar-refractivity contribution < 1.29 is 9.18 Å². The van der Waals surface area contributed by atoms with Crippen LogP contribution >= 0.6 is 11.6 Å². The zero-order chi connectivity index (χ0) is 19.7. The number of nitrogens with one attached hydrogen (secondary N) is 2. The minimum atomic E-state index is -0.541. The molecule has 2 aromatic carbocycles. The lowest BCUT2D eigenvalue weighted by molar-refractivity contribution is -0.120. The number of aryl methyl sites for hydroxylation is 1. The highest BCUT2D eigenvalue weighted by molar-refractivity contribution is 6.30. The fourth-order valence-electron chi connectivity index (χ4n) is 2.84. The molecule has 1 amide bonds. The van der Waals surface area contributed by atoms with Gasteiger partial charge in [-0.3, -0.25) is 14.6 Å². The molecule has 4 rings (SSSR count). The Bertz CT molecular complexity index is 1170. The first kappa shape index (κ1) is 18.1. The zero-order valence-corrected chi connectivity index (χ0v) is 15.7. The Balaban J connectivity index is 1.42. The molecule has 2 N–H and O–H groups in total. The summed E-state index contributed by atoms with van der Waals surface area (Å²) in [6.07, 6.45) is 1.80. The first-order valence-corrected chi connectivity index (χ1v) is 8.91. The highest BCUT2D eigenvalue weighted by Gasteiger charge is 2.14. The Morgan fingerprint density at radius 2 is 2.14 bits per heavy atom. The quantitative estimate of drug-likeness (QED) is 0.541. The van der Waals surface area contributed by atoms with Crippen molar-refractivity contribution in [3.63, 3.8) is 0 Å². The molecule has 9 heteroatoms. The lowest BCUT2D eigenvalue weighted by Gasteiger charge is -2.05. The van der Waals surface area contributed by atoms with Crippen LogP contribution in [0.3, 0.4) is 0 Å². The van der Waals surface area contributed by atoms with Gasteiger partial charge in [0.1, 0.15) is 11.6 Å². The number of aromatic amines is 1. The van der Waals surface area contributed by atoms with Crippen LogP contribution in [0.4, 0.5) is 4.39 Å². The molecule has 0 saturated carbocycles. The summed E-state index contributed by atoms with van der Waals surface area (Å²) in [4.78, 5) is 16.7. The van der Waals surface area contributed by atoms with Crippen LogP contribution in [0.25, 0.3) is 22.3 Å². The Morgan fingerprint density at radius 3 is 2.96 bits per heavy atom. The topological polar surface area (TPSA) is 88.5 Å². The summed E-state index contributed by atoms with van der Waals surface area (Å²) in [5.74, 6) is 0.0940. The zero-order valence-electron chi connectivity index (χ0n) is 14.9. The van der Waals surface area contributed by atoms with E-state index in [-0.39, 0.29) is 17.4 Å². The van der Waals surface area contributed by atoms with Crippen molar-refractivity contribution in [2.24, 2.45) is 7.05 Å². The molecule has 142 valence electrons. The molecule has 0 aliphatic carbocycles. The van der Waals surface area contributed by atoms with Gasteiger partial charge in [-0.1, -0.05) is 17.7 Å². The molecule has 7 nitrogen and oxygen atoms in total. The van der Waals surface area contributed by atoms with Gasteiger partial charge in [0.05, 0.1) is 23.2 Å². The van der Waals surface area contributed by atoms with Gasteiger partial charge >= 0.3 is 0 Å². The van der Waals surface area contributed by atoms with E-state index in [1.807, 2.05) is 18.2 Å². The van der Waals surface area contributed by atoms with Crippen molar-refractivity contribution >= 4 is 28.4 Å². The summed E-state index contributed by atoms with van der Waals surface area (Å²) >= 11 is 5.71. The first-order chi connectivity index (χ1) is 13.5. The summed E-state index contributed by atoms with van der Waals surface area (Å²) in [7, 11) is 1.69. The molecule has 0 radical (unpaired) electrons. The third-order valence-corrected chi connectivity index (χ3v) is 4.65. The van der Waals surface area contributed by atoms with Crippen LogP contribution in [0.1, 0.15) is 11.4 Å². The smallest absolute Gasteiger partial charge is 0.227 e. The molecule has 0 unspecified atom stereocenters. The summed E-state index contributed by atoms with van der Waals surface area (Å²) in [5, 5.41) is 15.0. The van der Waals surface area contributed by atoms with Crippen molar-refractivity contribution in [3.05, 3.63) is 64.8 Å². The molecule has 0 saturated heterocycles. The van der Waals surface area contributed by atoms with E-state index < -0.39 is 5.82 Å². The van der Waals surface area contributed by atoms with E-state index >= 15 is 0 Å². The normalized spacial score (nSPS) is 11.1. The van der Waals surface area contributed by atoms with E-state index in [0.717, 1.165) is 16.5 Å². The molecule has 2 aromatic heterocycles. The number of carbonyl (C=O) groups is 1. The standard InChI is InChI=1S/C19H16ClFN6O/c1-27-17(24-19(26-27)12-3-4-14(20)15(21)7-12)8-18(28)22-9-11-2-5-16-13(6-11)10-23-25-16/h2-7,10H,8-9H2,1H3,(H,22,28)(H,23,25). The van der Waals surface area contributed by atoms with E-state index in [1.165, 1.54) is 16.8 Å². The summed E-state index contributed by atoms with van der Waals surface area (Å²) in [6.45, 7) is 0.396. The predicted molar refractivity (Wildman–Crippen MR) is 103 cm³/mol. The van der Waals surface area contributed by atoms with E-state index in [0.29, 0.717) is 23.8 Å². The van der Waals surface area contributed by atoms with Crippen molar-refractivity contribution in [2.45, 2.75) is 13.0 Å². The van der Waals surface area contributed by atoms with Crippen LogP contribution in [-0.4, -0.2) is 30.9 Å². The molecule has 0 fully saturated rings. The number of nitrogens with zero attached hydrogens (tertiary/aromatic N) is 4. The molecular weight excluding hydrogens is 383 g/mol. The number of benzene rings is 2. The molecule has 0 aliphatic rings. The number of hydrogen-bond acceptors (Lipinski definition) is 4. The minimum Gasteiger partial charge on any atom is -0.352 e. The van der Waals surface area contributed by atoms with Crippen molar-refractivity contribution in [1.29, 1.82) is 0 Å². The number of rotatable bonds is 5. The average Bonchev–Trinajstić information content (AvgIpc) is 3.28. The number of fused-ring (bicyclic) bond motifs is 1. The van der Waals surface area contributed by atoms with Gasteiger partial charge in [-0.05, 0) is 35.9 Å². The van der Waals surface area contributed by atoms with Crippen molar-refractivity contribution in [1.82, 2.24) is 30.3 Å². The number of carbonyl (C=O) groups excluding carboxylic acids is 1. The maximum atomic E-state index is 13.7. The Kier molecular flexibility index (Phi) is 4.79. The van der Waals surface area contributed by atoms with Gasteiger partial charge in [0, 0.05) is 24.5 Å². The van der Waals surface area contributed by atoms with Gasteiger partial charge in [-0.25, -0.2) is 9.37 Å². The molecule has 0 bridgehead atoms. The van der Waals surface area contributed by atoms with E-state index in [9.17, 15) is 9.18 Å². The molecule has 2 heterocycles. The van der Waals surface area contributed by atoms with Crippen molar-refractivity contribution in [2.75, 3.05) is 0 Å². The number of halogens is 2. The van der Waals surface area contributed by atoms with E-state index in [1.54, 1.807) is 19.3 Å². The molecule has 28 heavy (non-hydrogen) atoms. The Hall–Kier alpha value is -3.26. The minimum absolute atomic E-state index is 0.0351. The highest BCUT2D eigenvalue weighted by Crippen LogP contribution is 2.22. The fourth-order valence-corrected chi connectivity index (χ4v) is 2.95. The van der Waals surface area contributed by atoms with Crippen LogP contribution in [-0.2, 0) is 24.8 Å². The lowest BCUT2D eigenvalue weighted by Crippen LogP contribution is -2.25. The van der Waals surface area contributed by atoms with Gasteiger partial charge in [-0.15, -0.1) is 0 Å². The van der Waals surface area contributed by atoms with Gasteiger partial charge in [0.25, 0.3) is 0 Å². The van der Waals surface area contributed by atoms with Gasteiger partial charge in [-0.2, -0.15) is 10.2 Å². The third kappa shape index (κ3) is 3.72. The first-order valence-electron chi connectivity index (χ1n) is 8.53. The number of amides is 1. The van der Waals surface area contributed by atoms with Crippen LogP contribution in [0, 0.1) is 5.82 Å². The summed E-state index contributed by atoms with van der Waals surface area (Å²) < 4.78 is 15.2. The molecule has 0 spiro atoms. The second kappa shape index (κ2) is 7.40. The lowest BCUT2D eigenvalue weighted by atomic mass is 10.1. The molecule has 4 aromatic rings. The maximum Gasteiger partial charge on any atom is 0.227 e. The predicted octanol–water partition coefficient (Wildman–Crippen LogP) is 3.01. The third-order valence-electron chi connectivity index (χ3n) is 4.34. The molecule has 0 atom stereocenters. The maximum absolute atomic E-state index is 13.7. The van der Waals surface area contributed by atoms with Gasteiger partial charge < -0.3 is 5.32 Å². The number of aromatic nitrogens is 5. The van der Waals surface area contributed by atoms with Crippen LogP contribution in [0.2, 0.25) is 5.02 Å². The monoisotopic (exact) mass is 398 g/mol. The summed E-state index contributed by atoms with van der Waals surface area (Å²) in [6, 6.07) is 10.2. The largest absolute Gasteiger partial charge is 0.352 e. The Morgan fingerprint density at radius 1 is 1.29 bits per heavy atom. The average molecular weight is 399 g/mol. The van der Waals surface area contributed by atoms with Crippen LogP contribution in [0.5, 0.6) is 0 Å². The Labute approximate surface area is 164 Å². The number of hydrogen-bond donors (Lipinski definition) is 2. The fraction of sp³-hybridized carbons (Fsp3) is 0.158. The summed E-state index contributed by atoms with van der Waals surface area (Å²) in [5.41, 5.74) is 2.41. The van der Waals surface area contributed by atoms with E-state index in [2.05, 4.69) is 25.6 Å².